The molecule has 1 aromatic carbocycles. The van der Waals surface area contributed by atoms with Crippen LogP contribution in [0.5, 0.6) is 0 Å². The molecule has 3 N–H and O–H groups in total. The number of carbonyl (C=O) groups is 4. The molecule has 0 bridgehead atoms. The normalized spacial score (nSPS) is 23.0. The van der Waals surface area contributed by atoms with Gasteiger partial charge in [-0.15, -0.1) is 5.06 Å². The Morgan fingerprint density at radius 3 is 2.33 bits per heavy atom. The van der Waals surface area contributed by atoms with Gasteiger partial charge in [-0.3, -0.25) is 14.9 Å². The highest BCUT2D eigenvalue weighted by Crippen LogP contribution is 2.35. The molecule has 1 heterocycles. The van der Waals surface area contributed by atoms with Gasteiger partial charge in [0.1, 0.15) is 6.10 Å². The number of imide groups is 1. The van der Waals surface area contributed by atoms with Gasteiger partial charge < -0.3 is 24.7 Å². The fourth-order valence-corrected chi connectivity index (χ4v) is 4.14. The van der Waals surface area contributed by atoms with E-state index in [4.69, 9.17) is 9.57 Å². The molecule has 11 heteroatoms. The number of anilines is 2. The second-order valence-corrected chi connectivity index (χ2v) is 9.08. The number of nitrogens with zero attached hydrogens (tertiary/aromatic N) is 2. The van der Waals surface area contributed by atoms with Crippen LogP contribution in [-0.4, -0.2) is 71.6 Å². The molecule has 3 amide bonds. The van der Waals surface area contributed by atoms with Crippen molar-refractivity contribution in [3.05, 3.63) is 36.4 Å². The predicted octanol–water partition coefficient (Wildman–Crippen LogP) is 2.14. The average Bonchev–Trinajstić information content (AvgIpc) is 3.16. The van der Waals surface area contributed by atoms with Crippen molar-refractivity contribution in [2.75, 3.05) is 36.5 Å². The molecule has 11 nitrogen and oxygen atoms in total. The first-order chi connectivity index (χ1) is 17.3. The van der Waals surface area contributed by atoms with Gasteiger partial charge in [0.2, 0.25) is 0 Å². The Balaban J connectivity index is 1.54. The molecule has 1 fully saturated rings. The third-order valence-corrected chi connectivity index (χ3v) is 6.34. The van der Waals surface area contributed by atoms with E-state index in [-0.39, 0.29) is 26.1 Å². The van der Waals surface area contributed by atoms with Crippen molar-refractivity contribution in [1.82, 2.24) is 5.06 Å². The van der Waals surface area contributed by atoms with Crippen molar-refractivity contribution >= 4 is 35.3 Å². The molecule has 1 aliphatic heterocycles. The zero-order chi connectivity index (χ0) is 26.1. The Bertz CT molecular complexity index is 958. The van der Waals surface area contributed by atoms with Crippen LogP contribution < -0.4 is 10.2 Å². The standard InChI is InChI=1S/C25H33N3O8/c1-25(23(33)36-28-21(31)9-10-22(28)32)12-3-2-4-20(11-13-25)35-24(34)26-18-5-7-19(8-6-18)27(14-16-29)15-17-30/h2,4-8,20,29-30H,3,9-17H2,1H3,(H,26,34)/b4-2+/t20-,25+/m1/s1. The van der Waals surface area contributed by atoms with Crippen molar-refractivity contribution in [3.63, 3.8) is 0 Å². The van der Waals surface area contributed by atoms with Crippen molar-refractivity contribution in [2.45, 2.75) is 51.6 Å². The minimum Gasteiger partial charge on any atom is -0.442 e. The summed E-state index contributed by atoms with van der Waals surface area (Å²) in [5.74, 6) is -1.70. The molecule has 1 aliphatic carbocycles. The number of aliphatic hydroxyl groups excluding tert-OH is 2. The minimum atomic E-state index is -0.948. The van der Waals surface area contributed by atoms with Gasteiger partial charge in [0.25, 0.3) is 11.8 Å². The van der Waals surface area contributed by atoms with Crippen LogP contribution in [0.1, 0.15) is 45.4 Å². The molecule has 0 aromatic heterocycles. The molecule has 1 saturated heterocycles. The van der Waals surface area contributed by atoms with Crippen molar-refractivity contribution in [3.8, 4) is 0 Å². The molecular weight excluding hydrogens is 470 g/mol. The predicted molar refractivity (Wildman–Crippen MR) is 130 cm³/mol. The first kappa shape index (κ1) is 27.2. The fourth-order valence-electron chi connectivity index (χ4n) is 4.14. The van der Waals surface area contributed by atoms with Crippen LogP contribution in [0.3, 0.4) is 0 Å². The van der Waals surface area contributed by atoms with E-state index in [0.717, 1.165) is 5.69 Å². The molecular formula is C25H33N3O8. The number of amides is 3. The van der Waals surface area contributed by atoms with Gasteiger partial charge in [-0.05, 0) is 62.9 Å². The van der Waals surface area contributed by atoms with Gasteiger partial charge >= 0.3 is 12.1 Å². The Kier molecular flexibility index (Phi) is 9.43. The summed E-state index contributed by atoms with van der Waals surface area (Å²) in [6, 6.07) is 6.92. The lowest BCUT2D eigenvalue weighted by molar-refractivity contribution is -0.205. The monoisotopic (exact) mass is 503 g/mol. The van der Waals surface area contributed by atoms with Crippen LogP contribution in [0.2, 0.25) is 0 Å². The smallest absolute Gasteiger partial charge is 0.412 e. The lowest BCUT2D eigenvalue weighted by Crippen LogP contribution is -2.40. The first-order valence-corrected chi connectivity index (χ1v) is 12.0. The van der Waals surface area contributed by atoms with Crippen molar-refractivity contribution in [1.29, 1.82) is 0 Å². The molecule has 0 saturated carbocycles. The number of nitrogens with one attached hydrogen (secondary N) is 1. The summed E-state index contributed by atoms with van der Waals surface area (Å²) in [6.45, 7) is 2.37. The highest BCUT2D eigenvalue weighted by molar-refractivity contribution is 6.01. The van der Waals surface area contributed by atoms with E-state index in [2.05, 4.69) is 5.32 Å². The Labute approximate surface area is 209 Å². The van der Waals surface area contributed by atoms with Gasteiger partial charge in [-0.1, -0.05) is 6.08 Å². The fraction of sp³-hybridized carbons (Fsp3) is 0.520. The zero-order valence-electron chi connectivity index (χ0n) is 20.4. The van der Waals surface area contributed by atoms with Gasteiger partial charge in [-0.25, -0.2) is 9.59 Å². The minimum absolute atomic E-state index is 0.0306. The number of allylic oxidation sites excluding steroid dienone is 1. The maximum atomic E-state index is 12.8. The zero-order valence-corrected chi connectivity index (χ0v) is 20.4. The average molecular weight is 504 g/mol. The number of benzene rings is 1. The third kappa shape index (κ3) is 7.05. The molecule has 2 atom stereocenters. The van der Waals surface area contributed by atoms with E-state index in [1.807, 2.05) is 11.0 Å². The topological polar surface area (TPSA) is 146 Å². The highest BCUT2D eigenvalue weighted by Gasteiger charge is 2.41. The molecule has 0 spiro atoms. The van der Waals surface area contributed by atoms with Crippen molar-refractivity contribution in [2.24, 2.45) is 5.41 Å². The number of hydroxylamine groups is 2. The Morgan fingerprint density at radius 2 is 1.72 bits per heavy atom. The van der Waals surface area contributed by atoms with E-state index >= 15 is 0 Å². The van der Waals surface area contributed by atoms with Crippen LogP contribution in [0.4, 0.5) is 16.2 Å². The number of carbonyl (C=O) groups excluding carboxylic acids is 4. The first-order valence-electron chi connectivity index (χ1n) is 12.0. The van der Waals surface area contributed by atoms with Gasteiger partial charge in [0.15, 0.2) is 0 Å². The Morgan fingerprint density at radius 1 is 1.08 bits per heavy atom. The Hall–Kier alpha value is -3.44. The van der Waals surface area contributed by atoms with Gasteiger partial charge in [0, 0.05) is 37.3 Å². The van der Waals surface area contributed by atoms with E-state index in [1.54, 1.807) is 37.3 Å². The molecule has 36 heavy (non-hydrogen) atoms. The van der Waals surface area contributed by atoms with Crippen molar-refractivity contribution < 1.29 is 39.0 Å². The molecule has 0 radical (unpaired) electrons. The third-order valence-electron chi connectivity index (χ3n) is 6.34. The second-order valence-electron chi connectivity index (χ2n) is 9.08. The molecule has 196 valence electrons. The molecule has 0 unspecified atom stereocenters. The van der Waals surface area contributed by atoms with E-state index < -0.39 is 35.4 Å². The van der Waals surface area contributed by atoms with E-state index in [0.29, 0.717) is 49.5 Å². The number of hydrogen-bond acceptors (Lipinski definition) is 9. The summed E-state index contributed by atoms with van der Waals surface area (Å²) < 4.78 is 5.54. The summed E-state index contributed by atoms with van der Waals surface area (Å²) in [5.41, 5.74) is 0.361. The summed E-state index contributed by atoms with van der Waals surface area (Å²) >= 11 is 0. The SMILES string of the molecule is C[C@]1(C(=O)ON2C(=O)CCC2=O)CC/C=C/[C@@H](OC(=O)Nc2ccc(N(CCO)CCO)cc2)CC1. The molecule has 3 rings (SSSR count). The number of hydrogen-bond donors (Lipinski definition) is 3. The largest absolute Gasteiger partial charge is 0.442 e. The van der Waals surface area contributed by atoms with Crippen LogP contribution in [0.15, 0.2) is 36.4 Å². The number of ether oxygens (including phenoxy) is 1. The lowest BCUT2D eigenvalue weighted by atomic mass is 9.79. The van der Waals surface area contributed by atoms with Crippen LogP contribution in [0, 0.1) is 5.41 Å². The van der Waals surface area contributed by atoms with Gasteiger partial charge in [0.05, 0.1) is 18.6 Å². The number of aliphatic hydroxyl groups is 2. The maximum Gasteiger partial charge on any atom is 0.412 e. The van der Waals surface area contributed by atoms with E-state index in [9.17, 15) is 29.4 Å². The van der Waals surface area contributed by atoms with Crippen LogP contribution >= 0.6 is 0 Å². The summed E-state index contributed by atoms with van der Waals surface area (Å²) in [5, 5.41) is 21.6. The summed E-state index contributed by atoms with van der Waals surface area (Å²) in [6.07, 6.45) is 4.14. The lowest BCUT2D eigenvalue weighted by Gasteiger charge is -2.30. The highest BCUT2D eigenvalue weighted by atomic mass is 16.7. The maximum absolute atomic E-state index is 12.8. The second kappa shape index (κ2) is 12.5. The van der Waals surface area contributed by atoms with E-state index in [1.165, 1.54) is 0 Å². The molecule has 2 aliphatic rings. The quantitative estimate of drug-likeness (QED) is 0.341. The summed E-state index contributed by atoms with van der Waals surface area (Å²) in [4.78, 5) is 55.9. The number of rotatable bonds is 9. The van der Waals surface area contributed by atoms with Gasteiger partial charge in [-0.2, -0.15) is 0 Å². The van der Waals surface area contributed by atoms with Crippen LogP contribution in [0.25, 0.3) is 0 Å². The summed E-state index contributed by atoms with van der Waals surface area (Å²) in [7, 11) is 0. The van der Waals surface area contributed by atoms with Crippen LogP contribution in [-0.2, 0) is 24.0 Å². The molecule has 1 aromatic rings.